The Morgan fingerprint density at radius 1 is 1.44 bits per heavy atom. The molecule has 0 aliphatic carbocycles. The third-order valence-corrected chi connectivity index (χ3v) is 2.50. The third-order valence-electron chi connectivity index (χ3n) is 2.50. The van der Waals surface area contributed by atoms with Crippen LogP contribution in [0.5, 0.6) is 0 Å². The van der Waals surface area contributed by atoms with Crippen LogP contribution in [0.3, 0.4) is 0 Å². The molecule has 0 amide bonds. The van der Waals surface area contributed by atoms with Gasteiger partial charge in [0.15, 0.2) is 11.7 Å². The van der Waals surface area contributed by atoms with Gasteiger partial charge < -0.3 is 9.52 Å². The van der Waals surface area contributed by atoms with Crippen molar-refractivity contribution in [2.75, 3.05) is 0 Å². The number of rotatable bonds is 2. The van der Waals surface area contributed by atoms with Crippen LogP contribution in [0.15, 0.2) is 16.7 Å². The largest absolute Gasteiger partial charge is 0.477 e. The molecule has 96 valence electrons. The standard InChI is InChI=1S/C12H15N3O3/c1-12(2,3)11-13-6-9(18-11)7-5-8(10(16)17)15(4)14-7/h5-6H,1-4H3,(H,16,17). The second-order valence-electron chi connectivity index (χ2n) is 5.12. The van der Waals surface area contributed by atoms with Gasteiger partial charge in [0.1, 0.15) is 11.4 Å². The van der Waals surface area contributed by atoms with Gasteiger partial charge in [-0.2, -0.15) is 5.10 Å². The lowest BCUT2D eigenvalue weighted by Crippen LogP contribution is -2.10. The molecule has 0 fully saturated rings. The number of oxazole rings is 1. The minimum absolute atomic E-state index is 0.110. The first-order valence-electron chi connectivity index (χ1n) is 5.53. The summed E-state index contributed by atoms with van der Waals surface area (Å²) in [5, 5.41) is 13.1. The van der Waals surface area contributed by atoms with Crippen LogP contribution in [-0.2, 0) is 12.5 Å². The summed E-state index contributed by atoms with van der Waals surface area (Å²) in [7, 11) is 1.58. The number of carboxylic acid groups (broad SMARTS) is 1. The molecular formula is C12H15N3O3. The second-order valence-corrected chi connectivity index (χ2v) is 5.12. The van der Waals surface area contributed by atoms with Gasteiger partial charge in [0.2, 0.25) is 0 Å². The zero-order chi connectivity index (χ0) is 13.5. The van der Waals surface area contributed by atoms with E-state index in [4.69, 9.17) is 9.52 Å². The molecule has 0 aromatic carbocycles. The molecule has 0 unspecified atom stereocenters. The highest BCUT2D eigenvalue weighted by atomic mass is 16.4. The van der Waals surface area contributed by atoms with Crippen molar-refractivity contribution in [2.24, 2.45) is 7.05 Å². The van der Waals surface area contributed by atoms with E-state index < -0.39 is 5.97 Å². The molecule has 0 atom stereocenters. The third kappa shape index (κ3) is 2.13. The fourth-order valence-corrected chi connectivity index (χ4v) is 1.53. The van der Waals surface area contributed by atoms with Crippen molar-refractivity contribution >= 4 is 5.97 Å². The van der Waals surface area contributed by atoms with Crippen LogP contribution in [0, 0.1) is 0 Å². The fourth-order valence-electron chi connectivity index (χ4n) is 1.53. The maximum atomic E-state index is 10.9. The summed E-state index contributed by atoms with van der Waals surface area (Å²) in [6.45, 7) is 5.97. The van der Waals surface area contributed by atoms with Crippen molar-refractivity contribution in [3.8, 4) is 11.5 Å². The maximum absolute atomic E-state index is 10.9. The zero-order valence-corrected chi connectivity index (χ0v) is 10.8. The summed E-state index contributed by atoms with van der Waals surface area (Å²) in [6, 6.07) is 1.47. The summed E-state index contributed by atoms with van der Waals surface area (Å²) >= 11 is 0. The first kappa shape index (κ1) is 12.3. The molecule has 1 N–H and O–H groups in total. The molecule has 0 spiro atoms. The van der Waals surface area contributed by atoms with Gasteiger partial charge in [-0.15, -0.1) is 0 Å². The van der Waals surface area contributed by atoms with Crippen LogP contribution in [0.2, 0.25) is 0 Å². The molecule has 0 saturated heterocycles. The monoisotopic (exact) mass is 249 g/mol. The average molecular weight is 249 g/mol. The van der Waals surface area contributed by atoms with Crippen LogP contribution >= 0.6 is 0 Å². The summed E-state index contributed by atoms with van der Waals surface area (Å²) in [5.41, 5.74) is 0.388. The Balaban J connectivity index is 2.41. The number of aromatic carboxylic acids is 1. The quantitative estimate of drug-likeness (QED) is 0.881. The van der Waals surface area contributed by atoms with Crippen LogP contribution in [0.25, 0.3) is 11.5 Å². The van der Waals surface area contributed by atoms with Gasteiger partial charge >= 0.3 is 5.97 Å². The van der Waals surface area contributed by atoms with Gasteiger partial charge in [-0.25, -0.2) is 9.78 Å². The van der Waals surface area contributed by atoms with Crippen molar-refractivity contribution in [2.45, 2.75) is 26.2 Å². The Morgan fingerprint density at radius 3 is 2.56 bits per heavy atom. The van der Waals surface area contributed by atoms with Gasteiger partial charge in [-0.3, -0.25) is 4.68 Å². The van der Waals surface area contributed by atoms with Crippen LogP contribution in [0.1, 0.15) is 37.2 Å². The molecule has 6 nitrogen and oxygen atoms in total. The molecule has 18 heavy (non-hydrogen) atoms. The lowest BCUT2D eigenvalue weighted by Gasteiger charge is -2.11. The summed E-state index contributed by atoms with van der Waals surface area (Å²) < 4.78 is 6.90. The van der Waals surface area contributed by atoms with E-state index in [1.165, 1.54) is 10.7 Å². The van der Waals surface area contributed by atoms with E-state index in [1.807, 2.05) is 20.8 Å². The van der Waals surface area contributed by atoms with Crippen LogP contribution in [-0.4, -0.2) is 25.8 Å². The molecule has 0 saturated carbocycles. The van der Waals surface area contributed by atoms with E-state index in [1.54, 1.807) is 13.2 Å². The highest BCUT2D eigenvalue weighted by Gasteiger charge is 2.22. The molecule has 2 aromatic rings. The second kappa shape index (κ2) is 3.97. The normalized spacial score (nSPS) is 11.8. The molecule has 2 aromatic heterocycles. The van der Waals surface area contributed by atoms with Gasteiger partial charge in [0.05, 0.1) is 6.20 Å². The van der Waals surface area contributed by atoms with Crippen molar-refractivity contribution in [3.05, 3.63) is 23.8 Å². The Hall–Kier alpha value is -2.11. The average Bonchev–Trinajstić information content (AvgIpc) is 2.81. The Bertz CT molecular complexity index is 590. The smallest absolute Gasteiger partial charge is 0.354 e. The van der Waals surface area contributed by atoms with Gasteiger partial charge in [0.25, 0.3) is 0 Å². The summed E-state index contributed by atoms with van der Waals surface area (Å²) in [6.07, 6.45) is 1.56. The fraction of sp³-hybridized carbons (Fsp3) is 0.417. The van der Waals surface area contributed by atoms with E-state index in [-0.39, 0.29) is 11.1 Å². The van der Waals surface area contributed by atoms with Crippen molar-refractivity contribution < 1.29 is 14.3 Å². The van der Waals surface area contributed by atoms with Crippen molar-refractivity contribution in [1.82, 2.24) is 14.8 Å². The Morgan fingerprint density at radius 2 is 2.11 bits per heavy atom. The minimum Gasteiger partial charge on any atom is -0.477 e. The first-order valence-corrected chi connectivity index (χ1v) is 5.53. The number of hydrogen-bond acceptors (Lipinski definition) is 4. The molecule has 0 aliphatic heterocycles. The van der Waals surface area contributed by atoms with Crippen molar-refractivity contribution in [1.29, 1.82) is 0 Å². The lowest BCUT2D eigenvalue weighted by molar-refractivity contribution is 0.0685. The number of carbonyl (C=O) groups is 1. The number of carboxylic acids is 1. The summed E-state index contributed by atoms with van der Waals surface area (Å²) in [5.74, 6) is 0.0508. The molecule has 0 radical (unpaired) electrons. The van der Waals surface area contributed by atoms with Gasteiger partial charge in [-0.1, -0.05) is 20.8 Å². The molecule has 6 heteroatoms. The lowest BCUT2D eigenvalue weighted by atomic mass is 9.97. The van der Waals surface area contributed by atoms with E-state index in [0.717, 1.165) is 0 Å². The SMILES string of the molecule is Cn1nc(-c2cnc(C(C)(C)C)o2)cc1C(=O)O. The number of aryl methyl sites for hydroxylation is 1. The van der Waals surface area contributed by atoms with Gasteiger partial charge in [-0.05, 0) is 0 Å². The summed E-state index contributed by atoms with van der Waals surface area (Å²) in [4.78, 5) is 15.1. The maximum Gasteiger partial charge on any atom is 0.354 e. The minimum atomic E-state index is -1.02. The Kier molecular flexibility index (Phi) is 2.73. The first-order chi connectivity index (χ1) is 8.29. The molecule has 0 bridgehead atoms. The number of aromatic nitrogens is 3. The predicted octanol–water partition coefficient (Wildman–Crippen LogP) is 2.07. The molecule has 0 aliphatic rings. The zero-order valence-electron chi connectivity index (χ0n) is 10.8. The van der Waals surface area contributed by atoms with Gasteiger partial charge in [0, 0.05) is 18.5 Å². The Labute approximate surface area is 104 Å². The molecular weight excluding hydrogens is 234 g/mol. The van der Waals surface area contributed by atoms with E-state index in [9.17, 15) is 4.79 Å². The predicted molar refractivity (Wildman–Crippen MR) is 64.4 cm³/mol. The van der Waals surface area contributed by atoms with Crippen LogP contribution in [0.4, 0.5) is 0 Å². The van der Waals surface area contributed by atoms with Crippen LogP contribution < -0.4 is 0 Å². The number of nitrogens with zero attached hydrogens (tertiary/aromatic N) is 3. The van der Waals surface area contributed by atoms with E-state index in [0.29, 0.717) is 17.3 Å². The van der Waals surface area contributed by atoms with E-state index >= 15 is 0 Å². The molecule has 2 rings (SSSR count). The number of hydrogen-bond donors (Lipinski definition) is 1. The highest BCUT2D eigenvalue weighted by Crippen LogP contribution is 2.26. The highest BCUT2D eigenvalue weighted by molar-refractivity contribution is 5.86. The topological polar surface area (TPSA) is 81.2 Å². The van der Waals surface area contributed by atoms with Crippen molar-refractivity contribution in [3.63, 3.8) is 0 Å². The van der Waals surface area contributed by atoms with E-state index in [2.05, 4.69) is 10.1 Å². The molecule has 2 heterocycles.